The molecule has 3 aliphatic rings. The number of nitrogens with zero attached hydrogens (tertiary/aromatic N) is 1. The van der Waals surface area contributed by atoms with Gasteiger partial charge in [0.05, 0.1) is 23.6 Å². The molecule has 0 spiro atoms. The summed E-state index contributed by atoms with van der Waals surface area (Å²) in [5.74, 6) is -1.70. The number of allylic oxidation sites excluding steroid dienone is 2. The molecule has 2 aliphatic heterocycles. The second kappa shape index (κ2) is 13.4. The molecule has 2 saturated heterocycles. The molecule has 2 amide bonds. The quantitative estimate of drug-likeness (QED) is 0.181. The van der Waals surface area contributed by atoms with E-state index in [9.17, 15) is 29.8 Å². The Morgan fingerprint density at radius 2 is 1.77 bits per heavy atom. The van der Waals surface area contributed by atoms with Gasteiger partial charge in [-0.3, -0.25) is 14.5 Å². The molecule has 0 bridgehead atoms. The zero-order chi connectivity index (χ0) is 31.7. The number of carbonyl (C=O) groups excluding carboxylic acids is 2. The number of imide groups is 1. The largest absolute Gasteiger partial charge is 0.507 e. The lowest BCUT2D eigenvalue weighted by molar-refractivity contribution is -0.122. The summed E-state index contributed by atoms with van der Waals surface area (Å²) < 4.78 is 6.20. The highest BCUT2D eigenvalue weighted by atomic mass is 16.5. The van der Waals surface area contributed by atoms with E-state index in [-0.39, 0.29) is 35.6 Å². The van der Waals surface area contributed by atoms with Crippen molar-refractivity contribution in [3.05, 3.63) is 69.8 Å². The van der Waals surface area contributed by atoms with Crippen LogP contribution in [0.15, 0.2) is 53.1 Å². The van der Waals surface area contributed by atoms with Crippen LogP contribution < -0.4 is 10.4 Å². The SMILES string of the molecule is CCCC1=C2[C@@H](CC/C(=C/c3cc(C)c(O)c(C)c3)CCC)OB(O)C[C@@H]2[C@@H]2C(=O)N(c3cccc(B(O)O)c3)C(=O)[C@@H]2C1. The first-order valence-electron chi connectivity index (χ1n) is 15.9. The fraction of sp³-hybridized carbons (Fsp3) is 0.471. The van der Waals surface area contributed by atoms with Crippen LogP contribution in [0.1, 0.15) is 75.5 Å². The topological polar surface area (TPSA) is 128 Å². The molecular weight excluding hydrogens is 556 g/mol. The van der Waals surface area contributed by atoms with Crippen molar-refractivity contribution in [1.29, 1.82) is 0 Å². The van der Waals surface area contributed by atoms with Gasteiger partial charge in [-0.2, -0.15) is 0 Å². The van der Waals surface area contributed by atoms with Gasteiger partial charge in [0.1, 0.15) is 5.75 Å². The van der Waals surface area contributed by atoms with E-state index >= 15 is 0 Å². The average molecular weight is 599 g/mol. The third-order valence-electron chi connectivity index (χ3n) is 9.47. The lowest BCUT2D eigenvalue weighted by Crippen LogP contribution is -2.46. The van der Waals surface area contributed by atoms with Crippen LogP contribution in [0.5, 0.6) is 5.75 Å². The first-order valence-corrected chi connectivity index (χ1v) is 15.9. The minimum absolute atomic E-state index is 0.207. The summed E-state index contributed by atoms with van der Waals surface area (Å²) in [5.41, 5.74) is 6.75. The van der Waals surface area contributed by atoms with Gasteiger partial charge >= 0.3 is 14.2 Å². The molecule has 0 saturated carbocycles. The second-order valence-electron chi connectivity index (χ2n) is 12.6. The van der Waals surface area contributed by atoms with E-state index in [4.69, 9.17) is 4.65 Å². The molecule has 0 aromatic heterocycles. The molecule has 0 unspecified atom stereocenters. The van der Waals surface area contributed by atoms with Crippen LogP contribution in [0.4, 0.5) is 5.69 Å². The molecule has 10 heteroatoms. The van der Waals surface area contributed by atoms with Crippen LogP contribution in [0.3, 0.4) is 0 Å². The molecule has 2 aromatic rings. The first kappa shape index (κ1) is 32.2. The van der Waals surface area contributed by atoms with E-state index in [0.29, 0.717) is 24.3 Å². The lowest BCUT2D eigenvalue weighted by Gasteiger charge is -2.43. The van der Waals surface area contributed by atoms with Gasteiger partial charge in [-0.15, -0.1) is 0 Å². The van der Waals surface area contributed by atoms with Gasteiger partial charge in [0.25, 0.3) is 0 Å². The third kappa shape index (κ3) is 6.31. The Morgan fingerprint density at radius 3 is 2.43 bits per heavy atom. The van der Waals surface area contributed by atoms with E-state index in [1.54, 1.807) is 12.1 Å². The maximum absolute atomic E-state index is 14.0. The first-order chi connectivity index (χ1) is 21.0. The number of amides is 2. The van der Waals surface area contributed by atoms with Gasteiger partial charge in [-0.1, -0.05) is 56.0 Å². The standard InChI is InChI=1S/C34H43B2NO7/c1-5-8-22(16-23-14-20(3)32(38)21(4)15-23)12-13-29-30-24(9-6-2)17-27-31(28(30)19-35(41)44-29)34(40)37(33(27)39)26-11-7-10-25(18-26)36(42)43/h7,10-11,14-16,18,27-29,31,38,41-43H,5-6,8-9,12-13,17,19H2,1-4H3/b22-16+/t27-,28+,29-,31-/m1/s1. The average Bonchev–Trinajstić information content (AvgIpc) is 3.23. The smallest absolute Gasteiger partial charge is 0.488 e. The van der Waals surface area contributed by atoms with E-state index in [0.717, 1.165) is 59.9 Å². The van der Waals surface area contributed by atoms with E-state index in [2.05, 4.69) is 19.9 Å². The van der Waals surface area contributed by atoms with Crippen LogP contribution in [0.25, 0.3) is 6.08 Å². The molecule has 8 nitrogen and oxygen atoms in total. The van der Waals surface area contributed by atoms with Crippen molar-refractivity contribution in [3.63, 3.8) is 0 Å². The molecule has 2 fully saturated rings. The summed E-state index contributed by atoms with van der Waals surface area (Å²) in [7, 11) is -2.75. The number of benzene rings is 2. The minimum Gasteiger partial charge on any atom is -0.507 e. The van der Waals surface area contributed by atoms with Gasteiger partial charge in [-0.05, 0) is 110 Å². The lowest BCUT2D eigenvalue weighted by atomic mass is 9.58. The van der Waals surface area contributed by atoms with E-state index in [1.807, 2.05) is 26.0 Å². The molecule has 1 aliphatic carbocycles. The molecule has 4 N–H and O–H groups in total. The fourth-order valence-corrected chi connectivity index (χ4v) is 7.60. The van der Waals surface area contributed by atoms with Crippen LogP contribution in [-0.4, -0.2) is 52.3 Å². The number of hydrogen-bond acceptors (Lipinski definition) is 7. The van der Waals surface area contributed by atoms with Crippen molar-refractivity contribution in [2.24, 2.45) is 17.8 Å². The number of anilines is 1. The highest BCUT2D eigenvalue weighted by Gasteiger charge is 2.57. The van der Waals surface area contributed by atoms with Gasteiger partial charge in [0.15, 0.2) is 0 Å². The Kier molecular flexibility index (Phi) is 9.85. The fourth-order valence-electron chi connectivity index (χ4n) is 7.60. The summed E-state index contributed by atoms with van der Waals surface area (Å²) in [6, 6.07) is 10.2. The Labute approximate surface area is 260 Å². The Hall–Kier alpha value is -3.17. The van der Waals surface area contributed by atoms with Crippen LogP contribution >= 0.6 is 0 Å². The highest BCUT2D eigenvalue weighted by molar-refractivity contribution is 6.58. The summed E-state index contributed by atoms with van der Waals surface area (Å²) in [6.07, 6.45) is 7.54. The zero-order valence-electron chi connectivity index (χ0n) is 26.1. The number of aryl methyl sites for hydroxylation is 2. The van der Waals surface area contributed by atoms with Crippen molar-refractivity contribution in [3.8, 4) is 5.75 Å². The predicted molar refractivity (Wildman–Crippen MR) is 173 cm³/mol. The highest BCUT2D eigenvalue weighted by Crippen LogP contribution is 2.52. The van der Waals surface area contributed by atoms with Crippen molar-refractivity contribution in [2.75, 3.05) is 4.90 Å². The normalized spacial score (nSPS) is 23.8. The number of phenols is 1. The summed E-state index contributed by atoms with van der Waals surface area (Å²) in [6.45, 7) is 8.05. The Bertz CT molecular complexity index is 1460. The van der Waals surface area contributed by atoms with Crippen molar-refractivity contribution < 1.29 is 34.4 Å². The van der Waals surface area contributed by atoms with Crippen LogP contribution in [-0.2, 0) is 14.2 Å². The number of phenolic OH excluding ortho intramolecular Hbond substituents is 1. The summed E-state index contributed by atoms with van der Waals surface area (Å²) in [5, 5.41) is 40.5. The van der Waals surface area contributed by atoms with Crippen molar-refractivity contribution in [1.82, 2.24) is 0 Å². The molecule has 2 aromatic carbocycles. The third-order valence-corrected chi connectivity index (χ3v) is 9.47. The predicted octanol–water partition coefficient (Wildman–Crippen LogP) is 4.45. The van der Waals surface area contributed by atoms with Gasteiger partial charge in [0, 0.05) is 0 Å². The van der Waals surface area contributed by atoms with Gasteiger partial charge in [0.2, 0.25) is 11.8 Å². The van der Waals surface area contributed by atoms with E-state index in [1.165, 1.54) is 22.6 Å². The van der Waals surface area contributed by atoms with Gasteiger partial charge in [-0.25, -0.2) is 0 Å². The van der Waals surface area contributed by atoms with Crippen molar-refractivity contribution >= 4 is 43.3 Å². The van der Waals surface area contributed by atoms with E-state index < -0.39 is 26.1 Å². The zero-order valence-corrected chi connectivity index (χ0v) is 26.1. The molecule has 44 heavy (non-hydrogen) atoms. The molecule has 4 atom stereocenters. The van der Waals surface area contributed by atoms with Gasteiger partial charge < -0.3 is 24.8 Å². The molecule has 0 radical (unpaired) electrons. The molecule has 2 heterocycles. The van der Waals surface area contributed by atoms with Crippen molar-refractivity contribution in [2.45, 2.75) is 85.1 Å². The minimum atomic E-state index is -1.71. The summed E-state index contributed by atoms with van der Waals surface area (Å²) in [4.78, 5) is 29.0. The molecule has 5 rings (SSSR count). The number of rotatable bonds is 10. The molecule has 232 valence electrons. The number of hydrogen-bond donors (Lipinski definition) is 4. The second-order valence-corrected chi connectivity index (χ2v) is 12.6. The number of fused-ring (bicyclic) bond motifs is 3. The number of carbonyl (C=O) groups is 2. The Balaban J connectivity index is 1.45. The van der Waals surface area contributed by atoms with Crippen LogP contribution in [0.2, 0.25) is 6.32 Å². The maximum atomic E-state index is 14.0. The number of aromatic hydroxyl groups is 1. The van der Waals surface area contributed by atoms with Crippen LogP contribution in [0, 0.1) is 31.6 Å². The summed E-state index contributed by atoms with van der Waals surface area (Å²) >= 11 is 0. The maximum Gasteiger partial charge on any atom is 0.488 e. The molecular formula is C34H43B2NO7. The Morgan fingerprint density at radius 1 is 1.05 bits per heavy atom. The monoisotopic (exact) mass is 599 g/mol.